The fourth-order valence-corrected chi connectivity index (χ4v) is 1.75. The van der Waals surface area contributed by atoms with Gasteiger partial charge in [-0.2, -0.15) is 0 Å². The molecule has 0 aliphatic carbocycles. The lowest BCUT2D eigenvalue weighted by atomic mass is 10.2. The monoisotopic (exact) mass is 258 g/mol. The average molecular weight is 259 g/mol. The van der Waals surface area contributed by atoms with Crippen LogP contribution in [0.15, 0.2) is 30.7 Å². The molecule has 5 heteroatoms. The summed E-state index contributed by atoms with van der Waals surface area (Å²) in [4.78, 5) is 4.08. The van der Waals surface area contributed by atoms with Gasteiger partial charge in [0.1, 0.15) is 5.82 Å². The van der Waals surface area contributed by atoms with Gasteiger partial charge in [-0.15, -0.1) is 11.6 Å². The van der Waals surface area contributed by atoms with Crippen LogP contribution >= 0.6 is 23.2 Å². The zero-order valence-electron chi connectivity index (χ0n) is 8.33. The summed E-state index contributed by atoms with van der Waals surface area (Å²) >= 11 is 11.5. The molecule has 1 aromatic heterocycles. The largest absolute Gasteiger partial charge is 0.333 e. The van der Waals surface area contributed by atoms with Crippen molar-refractivity contribution in [3.63, 3.8) is 0 Å². The predicted octanol–water partition coefficient (Wildman–Crippen LogP) is 3.46. The average Bonchev–Trinajstić information content (AvgIpc) is 2.73. The van der Waals surface area contributed by atoms with Crippen LogP contribution in [0.25, 0.3) is 0 Å². The number of aromatic nitrogens is 2. The third kappa shape index (κ3) is 2.36. The summed E-state index contributed by atoms with van der Waals surface area (Å²) in [6.45, 7) is 0.487. The lowest BCUT2D eigenvalue weighted by molar-refractivity contribution is 0.624. The maximum atomic E-state index is 13.2. The number of halogens is 3. The second-order valence-electron chi connectivity index (χ2n) is 3.38. The first kappa shape index (κ1) is 11.4. The molecule has 0 radical (unpaired) electrons. The highest BCUT2D eigenvalue weighted by Crippen LogP contribution is 2.20. The smallest absolute Gasteiger partial charge is 0.142 e. The van der Waals surface area contributed by atoms with E-state index >= 15 is 0 Å². The number of imidazole rings is 1. The third-order valence-corrected chi connectivity index (χ3v) is 2.91. The highest BCUT2D eigenvalue weighted by molar-refractivity contribution is 6.31. The van der Waals surface area contributed by atoms with Crippen molar-refractivity contribution in [2.24, 2.45) is 0 Å². The number of benzene rings is 1. The highest BCUT2D eigenvalue weighted by atomic mass is 35.5. The van der Waals surface area contributed by atoms with Gasteiger partial charge in [-0.1, -0.05) is 23.7 Å². The molecule has 0 atom stereocenters. The van der Waals surface area contributed by atoms with Crippen molar-refractivity contribution in [2.75, 3.05) is 0 Å². The van der Waals surface area contributed by atoms with E-state index in [4.69, 9.17) is 23.2 Å². The first-order valence-electron chi connectivity index (χ1n) is 4.70. The second-order valence-corrected chi connectivity index (χ2v) is 4.03. The first-order chi connectivity index (χ1) is 7.70. The molecule has 2 nitrogen and oxygen atoms in total. The molecule has 0 saturated heterocycles. The van der Waals surface area contributed by atoms with E-state index in [2.05, 4.69) is 4.98 Å². The van der Waals surface area contributed by atoms with Gasteiger partial charge < -0.3 is 4.57 Å². The van der Waals surface area contributed by atoms with Crippen LogP contribution in [0.2, 0.25) is 5.02 Å². The van der Waals surface area contributed by atoms with Crippen LogP contribution in [-0.2, 0) is 12.4 Å². The molecular formula is C11H9Cl2FN2. The van der Waals surface area contributed by atoms with Gasteiger partial charge in [0.05, 0.1) is 29.5 Å². The molecule has 0 unspecified atom stereocenters. The zero-order chi connectivity index (χ0) is 11.5. The van der Waals surface area contributed by atoms with Crippen LogP contribution in [0.1, 0.15) is 11.3 Å². The molecule has 1 heterocycles. The molecule has 16 heavy (non-hydrogen) atoms. The lowest BCUT2D eigenvalue weighted by Crippen LogP contribution is -1.98. The van der Waals surface area contributed by atoms with E-state index < -0.39 is 5.82 Å². The molecule has 0 aliphatic heterocycles. The number of hydrogen-bond acceptors (Lipinski definition) is 1. The first-order valence-corrected chi connectivity index (χ1v) is 5.61. The van der Waals surface area contributed by atoms with Crippen molar-refractivity contribution >= 4 is 23.2 Å². The Morgan fingerprint density at radius 3 is 2.88 bits per heavy atom. The summed E-state index contributed by atoms with van der Waals surface area (Å²) in [5.41, 5.74) is 1.51. The summed E-state index contributed by atoms with van der Waals surface area (Å²) in [5, 5.41) is 0.156. The topological polar surface area (TPSA) is 17.8 Å². The molecule has 1 aromatic carbocycles. The Bertz CT molecular complexity index is 496. The van der Waals surface area contributed by atoms with Gasteiger partial charge in [-0.25, -0.2) is 9.37 Å². The SMILES string of the molecule is Fc1cccc(Cn2cnc(CCl)c2)c1Cl. The quantitative estimate of drug-likeness (QED) is 0.772. The van der Waals surface area contributed by atoms with Gasteiger partial charge in [0.15, 0.2) is 0 Å². The molecular weight excluding hydrogens is 250 g/mol. The molecule has 0 saturated carbocycles. The van der Waals surface area contributed by atoms with E-state index in [-0.39, 0.29) is 5.02 Å². The molecule has 0 spiro atoms. The van der Waals surface area contributed by atoms with Crippen LogP contribution in [-0.4, -0.2) is 9.55 Å². The van der Waals surface area contributed by atoms with Crippen LogP contribution in [0, 0.1) is 5.82 Å². The van der Waals surface area contributed by atoms with Crippen LogP contribution in [0.3, 0.4) is 0 Å². The summed E-state index contributed by atoms with van der Waals surface area (Å²) in [6.07, 6.45) is 3.47. The van der Waals surface area contributed by atoms with E-state index in [1.807, 2.05) is 10.8 Å². The van der Waals surface area contributed by atoms with Crippen molar-refractivity contribution in [1.82, 2.24) is 9.55 Å². The standard InChI is InChI=1S/C11H9Cl2FN2/c12-4-9-6-16(7-15-9)5-8-2-1-3-10(14)11(8)13/h1-3,6-7H,4-5H2. The maximum Gasteiger partial charge on any atom is 0.142 e. The molecule has 0 fully saturated rings. The Labute approximate surface area is 103 Å². The Hall–Kier alpha value is -1.06. The van der Waals surface area contributed by atoms with Gasteiger partial charge in [0.25, 0.3) is 0 Å². The Balaban J connectivity index is 2.23. The zero-order valence-corrected chi connectivity index (χ0v) is 9.84. The minimum Gasteiger partial charge on any atom is -0.333 e. The molecule has 0 bridgehead atoms. The van der Waals surface area contributed by atoms with Crippen molar-refractivity contribution in [3.8, 4) is 0 Å². The van der Waals surface area contributed by atoms with Gasteiger partial charge >= 0.3 is 0 Å². The van der Waals surface area contributed by atoms with Crippen molar-refractivity contribution in [2.45, 2.75) is 12.4 Å². The number of rotatable bonds is 3. The highest BCUT2D eigenvalue weighted by Gasteiger charge is 2.06. The summed E-state index contributed by atoms with van der Waals surface area (Å²) in [6, 6.07) is 4.76. The summed E-state index contributed by atoms with van der Waals surface area (Å²) < 4.78 is 15.0. The predicted molar refractivity (Wildman–Crippen MR) is 62.3 cm³/mol. The third-order valence-electron chi connectivity index (χ3n) is 2.21. The summed E-state index contributed by atoms with van der Waals surface area (Å²) in [5.74, 6) is -0.0407. The normalized spacial score (nSPS) is 10.7. The van der Waals surface area contributed by atoms with Gasteiger partial charge in [-0.3, -0.25) is 0 Å². The molecule has 2 rings (SSSR count). The van der Waals surface area contributed by atoms with Crippen LogP contribution < -0.4 is 0 Å². The number of hydrogen-bond donors (Lipinski definition) is 0. The van der Waals surface area contributed by atoms with Crippen molar-refractivity contribution in [1.29, 1.82) is 0 Å². The van der Waals surface area contributed by atoms with Crippen LogP contribution in [0.5, 0.6) is 0 Å². The Morgan fingerprint density at radius 2 is 2.19 bits per heavy atom. The van der Waals surface area contributed by atoms with Crippen molar-refractivity contribution in [3.05, 3.63) is 52.8 Å². The maximum absolute atomic E-state index is 13.2. The Kier molecular flexibility index (Phi) is 3.46. The van der Waals surface area contributed by atoms with Gasteiger partial charge in [0.2, 0.25) is 0 Å². The van der Waals surface area contributed by atoms with E-state index in [0.717, 1.165) is 11.3 Å². The summed E-state index contributed by atoms with van der Waals surface area (Å²) in [7, 11) is 0. The fourth-order valence-electron chi connectivity index (χ4n) is 1.43. The van der Waals surface area contributed by atoms with E-state index in [9.17, 15) is 4.39 Å². The van der Waals surface area contributed by atoms with Crippen LogP contribution in [0.4, 0.5) is 4.39 Å². The molecule has 2 aromatic rings. The van der Waals surface area contributed by atoms with E-state index in [1.165, 1.54) is 6.07 Å². The van der Waals surface area contributed by atoms with Crippen molar-refractivity contribution < 1.29 is 4.39 Å². The molecule has 0 amide bonds. The lowest BCUT2D eigenvalue weighted by Gasteiger charge is -2.05. The molecule has 0 aliphatic rings. The minimum absolute atomic E-state index is 0.156. The molecule has 84 valence electrons. The second kappa shape index (κ2) is 4.85. The minimum atomic E-state index is -0.406. The number of nitrogens with zero attached hydrogens (tertiary/aromatic N) is 2. The Morgan fingerprint density at radius 1 is 1.38 bits per heavy atom. The van der Waals surface area contributed by atoms with Gasteiger partial charge in [-0.05, 0) is 11.6 Å². The van der Waals surface area contributed by atoms with E-state index in [0.29, 0.717) is 12.4 Å². The molecule has 0 N–H and O–H groups in total. The number of alkyl halides is 1. The van der Waals surface area contributed by atoms with Gasteiger partial charge in [0, 0.05) is 6.20 Å². The van der Waals surface area contributed by atoms with E-state index in [1.54, 1.807) is 18.5 Å². The fraction of sp³-hybridized carbons (Fsp3) is 0.182.